The van der Waals surface area contributed by atoms with Gasteiger partial charge < -0.3 is 9.84 Å². The van der Waals surface area contributed by atoms with Gasteiger partial charge in [0.2, 0.25) is 5.13 Å². The minimum Gasteiger partial charge on any atom is -0.492 e. The smallest absolute Gasteiger partial charge is 0.439 e. The normalized spacial score (nSPS) is 23.2. The summed E-state index contributed by atoms with van der Waals surface area (Å²) in [5.74, 6) is -0.962. The summed E-state index contributed by atoms with van der Waals surface area (Å²) in [6, 6.07) is 10.1. The zero-order chi connectivity index (χ0) is 20.2. The fourth-order valence-corrected chi connectivity index (χ4v) is 4.37. The van der Waals surface area contributed by atoms with E-state index in [4.69, 9.17) is 4.74 Å². The van der Waals surface area contributed by atoms with Gasteiger partial charge in [-0.3, -0.25) is 4.98 Å². The number of thiazole rings is 1. The standard InChI is InChI=1S/C19H13F3N4O2S/c20-19(21,22)18(27)13-9-28-15-4-2-1-3-12(15)16(13)25-26(18)17-24-14(10-29-17)11-5-7-23-8-6-11/h1-8,10,13,27H,9H2/t13-,18+/m0/s1. The molecule has 1 aromatic carbocycles. The van der Waals surface area contributed by atoms with E-state index >= 15 is 0 Å². The van der Waals surface area contributed by atoms with Crippen molar-refractivity contribution < 1.29 is 23.0 Å². The van der Waals surface area contributed by atoms with Gasteiger partial charge in [0.15, 0.2) is 0 Å². The summed E-state index contributed by atoms with van der Waals surface area (Å²) >= 11 is 0.973. The number of fused-ring (bicyclic) bond motifs is 3. The molecule has 0 bridgehead atoms. The van der Waals surface area contributed by atoms with Crippen molar-refractivity contribution in [3.63, 3.8) is 0 Å². The highest BCUT2D eigenvalue weighted by Gasteiger charge is 2.69. The van der Waals surface area contributed by atoms with E-state index in [1.807, 2.05) is 0 Å². The highest BCUT2D eigenvalue weighted by atomic mass is 32.1. The number of alkyl halides is 3. The van der Waals surface area contributed by atoms with Crippen LogP contribution < -0.4 is 9.75 Å². The molecule has 3 aromatic rings. The number of aromatic nitrogens is 2. The van der Waals surface area contributed by atoms with Crippen LogP contribution >= 0.6 is 11.3 Å². The van der Waals surface area contributed by atoms with Crippen LogP contribution in [0.15, 0.2) is 59.3 Å². The number of anilines is 1. The molecule has 2 aromatic heterocycles. The van der Waals surface area contributed by atoms with Crippen LogP contribution in [-0.4, -0.2) is 39.3 Å². The van der Waals surface area contributed by atoms with E-state index < -0.39 is 17.8 Å². The molecule has 0 fully saturated rings. The number of pyridine rings is 1. The number of aliphatic hydroxyl groups is 1. The number of para-hydroxylation sites is 1. The summed E-state index contributed by atoms with van der Waals surface area (Å²) in [4.78, 5) is 8.22. The molecule has 2 aliphatic rings. The molecule has 2 atom stereocenters. The lowest BCUT2D eigenvalue weighted by Crippen LogP contribution is -2.61. The zero-order valence-electron chi connectivity index (χ0n) is 14.7. The van der Waals surface area contributed by atoms with Gasteiger partial charge in [-0.15, -0.1) is 11.3 Å². The topological polar surface area (TPSA) is 70.8 Å². The second-order valence-corrected chi connectivity index (χ2v) is 7.47. The number of nitrogens with zero attached hydrogens (tertiary/aromatic N) is 4. The Hall–Kier alpha value is -2.98. The lowest BCUT2D eigenvalue weighted by molar-refractivity contribution is -0.270. The Labute approximate surface area is 166 Å². The van der Waals surface area contributed by atoms with Gasteiger partial charge in [-0.05, 0) is 24.3 Å². The van der Waals surface area contributed by atoms with Crippen molar-refractivity contribution >= 4 is 22.2 Å². The molecule has 0 radical (unpaired) electrons. The molecule has 0 saturated carbocycles. The maximum atomic E-state index is 14.1. The van der Waals surface area contributed by atoms with Gasteiger partial charge in [0, 0.05) is 28.9 Å². The van der Waals surface area contributed by atoms with E-state index in [-0.39, 0.29) is 17.5 Å². The monoisotopic (exact) mass is 418 g/mol. The predicted octanol–water partition coefficient (Wildman–Crippen LogP) is 3.69. The Morgan fingerprint density at radius 1 is 1.17 bits per heavy atom. The second kappa shape index (κ2) is 6.26. The van der Waals surface area contributed by atoms with Crippen LogP contribution in [0, 0.1) is 5.92 Å². The first-order valence-electron chi connectivity index (χ1n) is 8.65. The molecule has 0 amide bonds. The number of hydrazone groups is 1. The maximum absolute atomic E-state index is 14.1. The number of rotatable bonds is 2. The van der Waals surface area contributed by atoms with E-state index in [0.717, 1.165) is 11.3 Å². The Balaban J connectivity index is 1.63. The molecule has 2 aliphatic heterocycles. The number of hydrogen-bond acceptors (Lipinski definition) is 7. The molecule has 0 saturated heterocycles. The number of benzene rings is 1. The Kier molecular flexibility index (Phi) is 3.90. The second-order valence-electron chi connectivity index (χ2n) is 6.63. The van der Waals surface area contributed by atoms with Gasteiger partial charge in [-0.25, -0.2) is 4.98 Å². The third-order valence-corrected chi connectivity index (χ3v) is 5.80. The fraction of sp³-hybridized carbons (Fsp3) is 0.211. The predicted molar refractivity (Wildman–Crippen MR) is 101 cm³/mol. The van der Waals surface area contributed by atoms with Crippen LogP contribution in [0.1, 0.15) is 5.56 Å². The molecule has 29 heavy (non-hydrogen) atoms. The molecule has 10 heteroatoms. The molecule has 0 spiro atoms. The third kappa shape index (κ3) is 2.63. The van der Waals surface area contributed by atoms with Gasteiger partial charge in [-0.1, -0.05) is 12.1 Å². The third-order valence-electron chi connectivity index (χ3n) is 4.98. The lowest BCUT2D eigenvalue weighted by Gasteiger charge is -2.38. The van der Waals surface area contributed by atoms with E-state index in [0.29, 0.717) is 27.6 Å². The Morgan fingerprint density at radius 3 is 2.69 bits per heavy atom. The van der Waals surface area contributed by atoms with Crippen molar-refractivity contribution in [2.75, 3.05) is 11.6 Å². The minimum absolute atomic E-state index is 0.0592. The number of ether oxygens (including phenoxy) is 1. The van der Waals surface area contributed by atoms with Crippen molar-refractivity contribution in [3.05, 3.63) is 59.7 Å². The Bertz CT molecular complexity index is 1100. The van der Waals surface area contributed by atoms with Crippen LogP contribution in [-0.2, 0) is 0 Å². The quantitative estimate of drug-likeness (QED) is 0.688. The summed E-state index contributed by atoms with van der Waals surface area (Å²) in [6.07, 6.45) is -1.85. The van der Waals surface area contributed by atoms with Crippen LogP contribution in [0.25, 0.3) is 11.3 Å². The molecule has 4 heterocycles. The van der Waals surface area contributed by atoms with Crippen LogP contribution in [0.3, 0.4) is 0 Å². The SMILES string of the molecule is O[C@@]1(C(F)(F)F)[C@H]2COc3ccccc3C2=NN1c1nc(-c2ccncc2)cs1. The highest BCUT2D eigenvalue weighted by Crippen LogP contribution is 2.50. The average molecular weight is 418 g/mol. The van der Waals surface area contributed by atoms with E-state index in [2.05, 4.69) is 15.1 Å². The highest BCUT2D eigenvalue weighted by molar-refractivity contribution is 7.14. The molecular formula is C19H13F3N4O2S. The first kappa shape index (κ1) is 18.1. The summed E-state index contributed by atoms with van der Waals surface area (Å²) in [7, 11) is 0. The summed E-state index contributed by atoms with van der Waals surface area (Å²) in [5.41, 5.74) is -1.52. The van der Waals surface area contributed by atoms with Gasteiger partial charge >= 0.3 is 6.18 Å². The minimum atomic E-state index is -4.99. The molecule has 5 rings (SSSR count). The van der Waals surface area contributed by atoms with Crippen LogP contribution in [0.5, 0.6) is 5.75 Å². The Morgan fingerprint density at radius 2 is 1.93 bits per heavy atom. The summed E-state index contributed by atoms with van der Waals surface area (Å²) in [5, 5.41) is 17.2. The van der Waals surface area contributed by atoms with Gasteiger partial charge in [-0.2, -0.15) is 23.3 Å². The average Bonchev–Trinajstić information content (AvgIpc) is 3.32. The number of hydrogen-bond donors (Lipinski definition) is 1. The van der Waals surface area contributed by atoms with E-state index in [1.165, 1.54) is 0 Å². The molecular weight excluding hydrogens is 405 g/mol. The van der Waals surface area contributed by atoms with Crippen molar-refractivity contribution in [1.82, 2.24) is 9.97 Å². The first-order valence-corrected chi connectivity index (χ1v) is 9.53. The summed E-state index contributed by atoms with van der Waals surface area (Å²) < 4.78 is 47.8. The van der Waals surface area contributed by atoms with Crippen molar-refractivity contribution in [2.45, 2.75) is 11.9 Å². The molecule has 0 aliphatic carbocycles. The van der Waals surface area contributed by atoms with Crippen molar-refractivity contribution in [2.24, 2.45) is 11.0 Å². The van der Waals surface area contributed by atoms with Crippen LogP contribution in [0.4, 0.5) is 18.3 Å². The van der Waals surface area contributed by atoms with Crippen molar-refractivity contribution in [3.8, 4) is 17.0 Å². The molecule has 0 unspecified atom stereocenters. The molecule has 148 valence electrons. The number of halogens is 3. The van der Waals surface area contributed by atoms with Gasteiger partial charge in [0.1, 0.15) is 12.4 Å². The first-order chi connectivity index (χ1) is 13.9. The summed E-state index contributed by atoms with van der Waals surface area (Å²) in [6.45, 7) is -0.342. The molecule has 6 nitrogen and oxygen atoms in total. The van der Waals surface area contributed by atoms with E-state index in [9.17, 15) is 18.3 Å². The maximum Gasteiger partial charge on any atom is 0.439 e. The van der Waals surface area contributed by atoms with Gasteiger partial charge in [0.05, 0.1) is 17.3 Å². The van der Waals surface area contributed by atoms with Crippen LogP contribution in [0.2, 0.25) is 0 Å². The molecule has 1 N–H and O–H groups in total. The zero-order valence-corrected chi connectivity index (χ0v) is 15.5. The lowest BCUT2D eigenvalue weighted by atomic mass is 9.86. The van der Waals surface area contributed by atoms with E-state index in [1.54, 1.807) is 54.2 Å². The van der Waals surface area contributed by atoms with Crippen molar-refractivity contribution in [1.29, 1.82) is 0 Å². The fourth-order valence-electron chi connectivity index (χ4n) is 3.53. The van der Waals surface area contributed by atoms with Gasteiger partial charge in [0.25, 0.3) is 5.72 Å². The largest absolute Gasteiger partial charge is 0.492 e.